The van der Waals surface area contributed by atoms with E-state index in [4.69, 9.17) is 20.3 Å². The van der Waals surface area contributed by atoms with Crippen molar-refractivity contribution in [3.05, 3.63) is 59.2 Å². The van der Waals surface area contributed by atoms with E-state index in [2.05, 4.69) is 0 Å². The van der Waals surface area contributed by atoms with Crippen molar-refractivity contribution in [2.75, 3.05) is 13.7 Å². The molecule has 3 N–H and O–H groups in total. The molecule has 0 fully saturated rings. The highest BCUT2D eigenvalue weighted by Crippen LogP contribution is 2.26. The normalized spacial score (nSPS) is 11.8. The number of ether oxygens (including phenoxy) is 2. The molecule has 0 saturated heterocycles. The van der Waals surface area contributed by atoms with E-state index >= 15 is 0 Å². The Hall–Kier alpha value is -2.53. The highest BCUT2D eigenvalue weighted by atomic mass is 16.5. The summed E-state index contributed by atoms with van der Waals surface area (Å²) in [6, 6.07) is 12.8. The number of hydrogen-bond donors (Lipinski definition) is 2. The van der Waals surface area contributed by atoms with Crippen molar-refractivity contribution in [3.63, 3.8) is 0 Å². The van der Waals surface area contributed by atoms with Gasteiger partial charge in [-0.25, -0.2) is 4.79 Å². The zero-order valence-corrected chi connectivity index (χ0v) is 12.6. The fraction of sp³-hybridized carbons (Fsp3) is 0.235. The summed E-state index contributed by atoms with van der Waals surface area (Å²) < 4.78 is 10.3. The van der Waals surface area contributed by atoms with Crippen LogP contribution in [-0.4, -0.2) is 24.8 Å². The molecule has 5 nitrogen and oxygen atoms in total. The fourth-order valence-corrected chi connectivity index (χ4v) is 2.17. The van der Waals surface area contributed by atoms with E-state index < -0.39 is 5.97 Å². The molecular formula is C17H19NO4. The van der Waals surface area contributed by atoms with Gasteiger partial charge < -0.3 is 20.3 Å². The third-order valence-corrected chi connectivity index (χ3v) is 3.38. The van der Waals surface area contributed by atoms with E-state index in [9.17, 15) is 4.79 Å². The minimum atomic E-state index is -1.00. The summed E-state index contributed by atoms with van der Waals surface area (Å²) in [6.07, 6.45) is 0. The van der Waals surface area contributed by atoms with Gasteiger partial charge in [0.2, 0.25) is 0 Å². The van der Waals surface area contributed by atoms with Crippen LogP contribution in [0.2, 0.25) is 0 Å². The van der Waals surface area contributed by atoms with Gasteiger partial charge in [0.25, 0.3) is 0 Å². The molecule has 2 aromatic rings. The number of carbonyl (C=O) groups is 1. The number of aliphatic carboxylic acids is 1. The van der Waals surface area contributed by atoms with Crippen molar-refractivity contribution in [2.24, 2.45) is 5.73 Å². The third kappa shape index (κ3) is 3.77. The van der Waals surface area contributed by atoms with E-state index in [1.54, 1.807) is 13.2 Å². The van der Waals surface area contributed by atoms with E-state index in [1.165, 1.54) is 0 Å². The van der Waals surface area contributed by atoms with Crippen LogP contribution in [0, 0.1) is 6.92 Å². The number of aryl methyl sites for hydroxylation is 1. The summed E-state index contributed by atoms with van der Waals surface area (Å²) in [5.41, 5.74) is 9.03. The molecule has 5 heteroatoms. The number of carboxylic acid groups (broad SMARTS) is 1. The predicted octanol–water partition coefficient (Wildman–Crippen LogP) is 2.52. The first-order valence-corrected chi connectivity index (χ1v) is 6.86. The Balaban J connectivity index is 2.17. The molecular weight excluding hydrogens is 282 g/mol. The summed E-state index contributed by atoms with van der Waals surface area (Å²) in [5.74, 6) is 0.330. The Morgan fingerprint density at radius 3 is 2.36 bits per heavy atom. The third-order valence-electron chi connectivity index (χ3n) is 3.38. The minimum absolute atomic E-state index is 0.266. The van der Waals surface area contributed by atoms with Gasteiger partial charge in [0, 0.05) is 0 Å². The van der Waals surface area contributed by atoms with Gasteiger partial charge in [0.1, 0.15) is 11.5 Å². The van der Waals surface area contributed by atoms with Crippen molar-refractivity contribution in [3.8, 4) is 11.5 Å². The maximum atomic E-state index is 10.5. The molecule has 0 amide bonds. The lowest BCUT2D eigenvalue weighted by atomic mass is 9.98. The number of carboxylic acids is 1. The molecule has 116 valence electrons. The highest BCUT2D eigenvalue weighted by molar-refractivity contribution is 5.68. The summed E-state index contributed by atoms with van der Waals surface area (Å²) in [5, 5.41) is 8.64. The summed E-state index contributed by atoms with van der Waals surface area (Å²) in [6.45, 7) is 1.51. The smallest absolute Gasteiger partial charge is 0.341 e. The molecule has 0 saturated carbocycles. The van der Waals surface area contributed by atoms with Gasteiger partial charge in [-0.1, -0.05) is 24.3 Å². The number of hydrogen-bond acceptors (Lipinski definition) is 4. The molecule has 0 heterocycles. The molecule has 1 unspecified atom stereocenters. The zero-order valence-electron chi connectivity index (χ0n) is 12.6. The molecule has 0 aliphatic rings. The van der Waals surface area contributed by atoms with E-state index in [1.807, 2.05) is 43.3 Å². The highest BCUT2D eigenvalue weighted by Gasteiger charge is 2.11. The first-order valence-electron chi connectivity index (χ1n) is 6.86. The Bertz CT molecular complexity index is 652. The molecule has 0 aromatic heterocycles. The van der Waals surface area contributed by atoms with Crippen LogP contribution in [0.25, 0.3) is 0 Å². The standard InChI is InChI=1S/C17H19NO4/c1-11-9-13(5-8-15(11)22-10-16(19)20)17(18)12-3-6-14(21-2)7-4-12/h3-9,17H,10,18H2,1-2H3,(H,19,20). The Kier molecular flexibility index (Phi) is 5.01. The maximum Gasteiger partial charge on any atom is 0.341 e. The van der Waals surface area contributed by atoms with Crippen LogP contribution in [-0.2, 0) is 4.79 Å². The second-order valence-electron chi connectivity index (χ2n) is 4.96. The van der Waals surface area contributed by atoms with Gasteiger partial charge in [-0.05, 0) is 41.8 Å². The molecule has 0 spiro atoms. The largest absolute Gasteiger partial charge is 0.497 e. The van der Waals surface area contributed by atoms with Crippen LogP contribution < -0.4 is 15.2 Å². The first kappa shape index (κ1) is 15.9. The van der Waals surface area contributed by atoms with Gasteiger partial charge >= 0.3 is 5.97 Å². The molecule has 0 bridgehead atoms. The summed E-state index contributed by atoms with van der Waals surface area (Å²) in [7, 11) is 1.62. The lowest BCUT2D eigenvalue weighted by molar-refractivity contribution is -0.139. The minimum Gasteiger partial charge on any atom is -0.497 e. The molecule has 0 aliphatic heterocycles. The molecule has 22 heavy (non-hydrogen) atoms. The number of methoxy groups -OCH3 is 1. The van der Waals surface area contributed by atoms with Gasteiger partial charge in [0.05, 0.1) is 13.2 Å². The summed E-state index contributed by atoms with van der Waals surface area (Å²) >= 11 is 0. The number of benzene rings is 2. The first-order chi connectivity index (χ1) is 10.5. The van der Waals surface area contributed by atoms with E-state index in [0.29, 0.717) is 5.75 Å². The number of nitrogens with two attached hydrogens (primary N) is 1. The van der Waals surface area contributed by atoms with E-state index in [-0.39, 0.29) is 12.6 Å². The van der Waals surface area contributed by atoms with Crippen molar-refractivity contribution < 1.29 is 19.4 Å². The van der Waals surface area contributed by atoms with Gasteiger partial charge in [0.15, 0.2) is 6.61 Å². The Morgan fingerprint density at radius 2 is 1.82 bits per heavy atom. The molecule has 2 rings (SSSR count). The Morgan fingerprint density at radius 1 is 1.18 bits per heavy atom. The fourth-order valence-electron chi connectivity index (χ4n) is 2.17. The molecule has 1 atom stereocenters. The van der Waals surface area contributed by atoms with Gasteiger partial charge in [-0.3, -0.25) is 0 Å². The Labute approximate surface area is 129 Å². The van der Waals surface area contributed by atoms with Crippen LogP contribution in [0.4, 0.5) is 0 Å². The second kappa shape index (κ2) is 6.95. The van der Waals surface area contributed by atoms with Crippen LogP contribution in [0.3, 0.4) is 0 Å². The van der Waals surface area contributed by atoms with E-state index in [0.717, 1.165) is 22.4 Å². The molecule has 0 radical (unpaired) electrons. The van der Waals surface area contributed by atoms with Crippen molar-refractivity contribution in [1.82, 2.24) is 0 Å². The average Bonchev–Trinajstić information content (AvgIpc) is 2.53. The maximum absolute atomic E-state index is 10.5. The average molecular weight is 301 g/mol. The second-order valence-corrected chi connectivity index (χ2v) is 4.96. The lowest BCUT2D eigenvalue weighted by Crippen LogP contribution is -2.13. The monoisotopic (exact) mass is 301 g/mol. The topological polar surface area (TPSA) is 81.8 Å². The van der Waals surface area contributed by atoms with Crippen LogP contribution in [0.1, 0.15) is 22.7 Å². The lowest BCUT2D eigenvalue weighted by Gasteiger charge is -2.15. The quantitative estimate of drug-likeness (QED) is 0.856. The van der Waals surface area contributed by atoms with Crippen LogP contribution in [0.15, 0.2) is 42.5 Å². The van der Waals surface area contributed by atoms with Gasteiger partial charge in [-0.2, -0.15) is 0 Å². The van der Waals surface area contributed by atoms with Crippen molar-refractivity contribution in [1.29, 1.82) is 0 Å². The van der Waals surface area contributed by atoms with Crippen LogP contribution in [0.5, 0.6) is 11.5 Å². The molecule has 2 aromatic carbocycles. The van der Waals surface area contributed by atoms with Crippen molar-refractivity contribution in [2.45, 2.75) is 13.0 Å². The zero-order chi connectivity index (χ0) is 16.1. The molecule has 0 aliphatic carbocycles. The van der Waals surface area contributed by atoms with Crippen molar-refractivity contribution >= 4 is 5.97 Å². The predicted molar refractivity (Wildman–Crippen MR) is 83.3 cm³/mol. The SMILES string of the molecule is COc1ccc(C(N)c2ccc(OCC(=O)O)c(C)c2)cc1. The summed E-state index contributed by atoms with van der Waals surface area (Å²) in [4.78, 5) is 10.5. The number of rotatable bonds is 6. The van der Waals surface area contributed by atoms with Crippen LogP contribution >= 0.6 is 0 Å². The van der Waals surface area contributed by atoms with Gasteiger partial charge in [-0.15, -0.1) is 0 Å².